The lowest BCUT2D eigenvalue weighted by Crippen LogP contribution is -2.33. The Balaban J connectivity index is 2.14. The zero-order valence-corrected chi connectivity index (χ0v) is 12.6. The third kappa shape index (κ3) is 3.55. The monoisotopic (exact) mass is 308 g/mol. The molecule has 1 aromatic carbocycles. The molecule has 112 valence electrons. The summed E-state index contributed by atoms with van der Waals surface area (Å²) in [6, 6.07) is 5.11. The number of anilines is 1. The number of carboxylic acid groups (broad SMARTS) is 1. The number of thioether (sulfide) groups is 1. The van der Waals surface area contributed by atoms with Gasteiger partial charge in [-0.05, 0) is 18.2 Å². The molecule has 2 amide bonds. The first-order chi connectivity index (χ1) is 9.88. The largest absolute Gasteiger partial charge is 0.481 e. The van der Waals surface area contributed by atoms with Crippen molar-refractivity contribution < 1.29 is 19.5 Å². The second-order valence-electron chi connectivity index (χ2n) is 4.97. The van der Waals surface area contributed by atoms with Crippen LogP contribution in [0.4, 0.5) is 5.69 Å². The molecule has 0 bridgehead atoms. The molecule has 2 rings (SSSR count). The van der Waals surface area contributed by atoms with Crippen molar-refractivity contribution in [2.75, 3.05) is 24.7 Å². The van der Waals surface area contributed by atoms with Gasteiger partial charge in [-0.1, -0.05) is 6.92 Å². The van der Waals surface area contributed by atoms with Crippen LogP contribution in [0.1, 0.15) is 17.3 Å². The van der Waals surface area contributed by atoms with Crippen LogP contribution in [0, 0.1) is 5.92 Å². The van der Waals surface area contributed by atoms with E-state index in [0.29, 0.717) is 17.0 Å². The van der Waals surface area contributed by atoms with Crippen LogP contribution in [0.3, 0.4) is 0 Å². The Hall–Kier alpha value is -2.02. The van der Waals surface area contributed by atoms with Gasteiger partial charge in [-0.25, -0.2) is 0 Å². The molecule has 0 aromatic heterocycles. The summed E-state index contributed by atoms with van der Waals surface area (Å²) in [5, 5.41) is 11.6. The third-order valence-corrected chi connectivity index (χ3v) is 4.25. The predicted octanol–water partition coefficient (Wildman–Crippen LogP) is 1.52. The zero-order valence-electron chi connectivity index (χ0n) is 11.8. The van der Waals surface area contributed by atoms with E-state index >= 15 is 0 Å². The van der Waals surface area contributed by atoms with Crippen LogP contribution in [0.5, 0.6) is 0 Å². The number of hydrogen-bond acceptors (Lipinski definition) is 4. The molecule has 0 aliphatic carbocycles. The van der Waals surface area contributed by atoms with Gasteiger partial charge in [0.1, 0.15) is 0 Å². The van der Waals surface area contributed by atoms with E-state index in [2.05, 4.69) is 5.32 Å². The van der Waals surface area contributed by atoms with Gasteiger partial charge in [0, 0.05) is 24.1 Å². The van der Waals surface area contributed by atoms with E-state index in [1.807, 2.05) is 0 Å². The number of rotatable bonds is 4. The van der Waals surface area contributed by atoms with Gasteiger partial charge in [-0.2, -0.15) is 0 Å². The number of fused-ring (bicyclic) bond motifs is 1. The van der Waals surface area contributed by atoms with E-state index in [1.165, 1.54) is 16.7 Å². The summed E-state index contributed by atoms with van der Waals surface area (Å²) in [7, 11) is 1.56. The fraction of sp³-hybridized carbons (Fsp3) is 0.357. The van der Waals surface area contributed by atoms with Crippen molar-refractivity contribution in [1.29, 1.82) is 0 Å². The van der Waals surface area contributed by atoms with Gasteiger partial charge in [0.15, 0.2) is 0 Å². The normalized spacial score (nSPS) is 14.9. The molecule has 21 heavy (non-hydrogen) atoms. The molecule has 1 aromatic rings. The van der Waals surface area contributed by atoms with Crippen molar-refractivity contribution in [3.8, 4) is 0 Å². The minimum atomic E-state index is -0.941. The number of hydrogen-bond donors (Lipinski definition) is 2. The lowest BCUT2D eigenvalue weighted by Gasteiger charge is -2.21. The minimum Gasteiger partial charge on any atom is -0.481 e. The summed E-state index contributed by atoms with van der Waals surface area (Å²) >= 11 is 1.43. The van der Waals surface area contributed by atoms with Gasteiger partial charge in [0.05, 0.1) is 17.4 Å². The molecule has 0 saturated heterocycles. The van der Waals surface area contributed by atoms with E-state index in [0.717, 1.165) is 4.90 Å². The van der Waals surface area contributed by atoms with Crippen LogP contribution >= 0.6 is 11.8 Å². The highest BCUT2D eigenvalue weighted by Crippen LogP contribution is 2.32. The number of carboxylic acids is 1. The van der Waals surface area contributed by atoms with E-state index in [4.69, 9.17) is 5.11 Å². The summed E-state index contributed by atoms with van der Waals surface area (Å²) in [5.74, 6) is -1.56. The van der Waals surface area contributed by atoms with E-state index in [1.54, 1.807) is 32.2 Å². The predicted molar refractivity (Wildman–Crippen MR) is 79.6 cm³/mol. The maximum atomic E-state index is 12.3. The fourth-order valence-electron chi connectivity index (χ4n) is 2.01. The summed E-state index contributed by atoms with van der Waals surface area (Å²) < 4.78 is 0. The average molecular weight is 308 g/mol. The molecule has 1 unspecified atom stereocenters. The molecule has 0 saturated carbocycles. The van der Waals surface area contributed by atoms with Crippen molar-refractivity contribution in [2.24, 2.45) is 5.92 Å². The van der Waals surface area contributed by atoms with Crippen molar-refractivity contribution in [3.63, 3.8) is 0 Å². The fourth-order valence-corrected chi connectivity index (χ4v) is 2.80. The standard InChI is InChI=1S/C14H16N2O4S/c1-8(14(19)20)6-16(2)13(18)9-3-4-11-10(5-9)15-12(17)7-21-11/h3-5,8H,6-7H2,1-2H3,(H,15,17)(H,19,20). The number of nitrogens with one attached hydrogen (secondary N) is 1. The van der Waals surface area contributed by atoms with E-state index in [9.17, 15) is 14.4 Å². The molecule has 1 heterocycles. The summed E-state index contributed by atoms with van der Waals surface area (Å²) in [6.07, 6.45) is 0. The van der Waals surface area contributed by atoms with Crippen molar-refractivity contribution in [2.45, 2.75) is 11.8 Å². The third-order valence-electron chi connectivity index (χ3n) is 3.18. The second kappa shape index (κ2) is 6.17. The van der Waals surface area contributed by atoms with E-state index < -0.39 is 11.9 Å². The Morgan fingerprint density at radius 2 is 2.19 bits per heavy atom. The number of benzene rings is 1. The van der Waals surface area contributed by atoms with Crippen molar-refractivity contribution in [1.82, 2.24) is 4.90 Å². The average Bonchev–Trinajstić information content (AvgIpc) is 2.45. The van der Waals surface area contributed by atoms with Crippen LogP contribution in [-0.4, -0.2) is 47.1 Å². The first kappa shape index (κ1) is 15.4. The van der Waals surface area contributed by atoms with Crippen molar-refractivity contribution >= 4 is 35.2 Å². The Morgan fingerprint density at radius 3 is 2.86 bits per heavy atom. The second-order valence-corrected chi connectivity index (χ2v) is 5.99. The van der Waals surface area contributed by atoms with Gasteiger partial charge < -0.3 is 15.3 Å². The molecule has 1 atom stereocenters. The minimum absolute atomic E-state index is 0.0926. The van der Waals surface area contributed by atoms with Crippen LogP contribution in [-0.2, 0) is 9.59 Å². The van der Waals surface area contributed by atoms with Gasteiger partial charge in [0.2, 0.25) is 5.91 Å². The highest BCUT2D eigenvalue weighted by atomic mass is 32.2. The van der Waals surface area contributed by atoms with Gasteiger partial charge in [-0.15, -0.1) is 11.8 Å². The van der Waals surface area contributed by atoms with Gasteiger partial charge in [0.25, 0.3) is 5.91 Å². The molecule has 0 radical (unpaired) electrons. The van der Waals surface area contributed by atoms with Crippen LogP contribution in [0.25, 0.3) is 0 Å². The smallest absolute Gasteiger partial charge is 0.308 e. The van der Waals surface area contributed by atoms with Crippen LogP contribution in [0.15, 0.2) is 23.1 Å². The maximum absolute atomic E-state index is 12.3. The number of aliphatic carboxylic acids is 1. The Bertz CT molecular complexity index is 603. The lowest BCUT2D eigenvalue weighted by molar-refractivity contribution is -0.141. The van der Waals surface area contributed by atoms with Gasteiger partial charge in [-0.3, -0.25) is 14.4 Å². The number of carbonyl (C=O) groups excluding carboxylic acids is 2. The summed E-state index contributed by atoms with van der Waals surface area (Å²) in [6.45, 7) is 1.68. The first-order valence-corrected chi connectivity index (χ1v) is 7.42. The Morgan fingerprint density at radius 1 is 1.48 bits per heavy atom. The quantitative estimate of drug-likeness (QED) is 0.880. The number of amides is 2. The molecule has 0 fully saturated rings. The van der Waals surface area contributed by atoms with Crippen LogP contribution < -0.4 is 5.32 Å². The molecule has 1 aliphatic heterocycles. The lowest BCUT2D eigenvalue weighted by atomic mass is 10.1. The summed E-state index contributed by atoms with van der Waals surface area (Å²) in [5.41, 5.74) is 1.05. The first-order valence-electron chi connectivity index (χ1n) is 6.43. The van der Waals surface area contributed by atoms with Crippen LogP contribution in [0.2, 0.25) is 0 Å². The number of carbonyl (C=O) groups is 3. The molecule has 1 aliphatic rings. The maximum Gasteiger partial charge on any atom is 0.308 e. The molecular weight excluding hydrogens is 292 g/mol. The Labute approximate surface area is 126 Å². The molecule has 6 nitrogen and oxygen atoms in total. The molecule has 7 heteroatoms. The molecule has 2 N–H and O–H groups in total. The number of nitrogens with zero attached hydrogens (tertiary/aromatic N) is 1. The SMILES string of the molecule is CC(CN(C)C(=O)c1ccc2c(c1)NC(=O)CS2)C(=O)O. The van der Waals surface area contributed by atoms with Gasteiger partial charge >= 0.3 is 5.97 Å². The zero-order chi connectivity index (χ0) is 15.6. The Kier molecular flexibility index (Phi) is 4.52. The summed E-state index contributed by atoms with van der Waals surface area (Å²) in [4.78, 5) is 36.8. The molecule has 0 spiro atoms. The highest BCUT2D eigenvalue weighted by molar-refractivity contribution is 8.00. The topological polar surface area (TPSA) is 86.7 Å². The highest BCUT2D eigenvalue weighted by Gasteiger charge is 2.21. The van der Waals surface area contributed by atoms with Crippen molar-refractivity contribution in [3.05, 3.63) is 23.8 Å². The molecular formula is C14H16N2O4S. The van der Waals surface area contributed by atoms with E-state index in [-0.39, 0.29) is 18.4 Å².